The quantitative estimate of drug-likeness (QED) is 0.245. The van der Waals surface area contributed by atoms with Crippen LogP contribution in [0.25, 0.3) is 22.5 Å². The molecule has 3 aromatic carbocycles. The molecule has 0 saturated heterocycles. The minimum absolute atomic E-state index is 0.0371. The molecule has 0 bridgehead atoms. The van der Waals surface area contributed by atoms with Gasteiger partial charge in [-0.2, -0.15) is 0 Å². The van der Waals surface area contributed by atoms with Gasteiger partial charge in [0.2, 0.25) is 5.91 Å². The fourth-order valence-electron chi connectivity index (χ4n) is 3.38. The lowest BCUT2D eigenvalue weighted by molar-refractivity contribution is -0.115. The third-order valence-corrected chi connectivity index (χ3v) is 6.36. The molecule has 0 aliphatic heterocycles. The van der Waals surface area contributed by atoms with Crippen LogP contribution in [-0.2, 0) is 4.79 Å². The van der Waals surface area contributed by atoms with Crippen LogP contribution in [0.4, 0.5) is 10.1 Å². The van der Waals surface area contributed by atoms with E-state index in [4.69, 9.17) is 26.1 Å². The van der Waals surface area contributed by atoms with E-state index in [1.54, 1.807) is 14.2 Å². The van der Waals surface area contributed by atoms with Crippen LogP contribution in [0, 0.1) is 5.82 Å². The number of methoxy groups -OCH3 is 2. The van der Waals surface area contributed by atoms with Gasteiger partial charge in [0.25, 0.3) is 0 Å². The molecule has 0 saturated carbocycles. The molecule has 0 fully saturated rings. The number of rotatable bonds is 9. The van der Waals surface area contributed by atoms with Crippen LogP contribution in [0.15, 0.2) is 71.9 Å². The number of thioether (sulfide) groups is 1. The molecule has 6 nitrogen and oxygen atoms in total. The number of aromatic amines is 1. The lowest BCUT2D eigenvalue weighted by Crippen LogP contribution is -2.12. The predicted octanol–water partition coefficient (Wildman–Crippen LogP) is 6.67. The third-order valence-electron chi connectivity index (χ3n) is 5.20. The number of amides is 1. The molecule has 2 N–H and O–H groups in total. The Morgan fingerprint density at radius 3 is 2.23 bits per heavy atom. The van der Waals surface area contributed by atoms with Crippen LogP contribution in [0.3, 0.4) is 0 Å². The average Bonchev–Trinajstić information content (AvgIpc) is 3.30. The number of halogens is 2. The van der Waals surface area contributed by atoms with Crippen molar-refractivity contribution in [2.45, 2.75) is 11.6 Å². The predicted molar refractivity (Wildman–Crippen MR) is 138 cm³/mol. The molecule has 0 unspecified atom stereocenters. The number of hydrogen-bond acceptors (Lipinski definition) is 5. The zero-order valence-electron chi connectivity index (χ0n) is 19.1. The van der Waals surface area contributed by atoms with E-state index in [1.807, 2.05) is 48.5 Å². The number of benzene rings is 3. The van der Waals surface area contributed by atoms with Gasteiger partial charge in [-0.3, -0.25) is 4.79 Å². The Morgan fingerprint density at radius 1 is 1.00 bits per heavy atom. The summed E-state index contributed by atoms with van der Waals surface area (Å²) in [7, 11) is 3.26. The second-order valence-corrected chi connectivity index (χ2v) is 8.99. The van der Waals surface area contributed by atoms with Gasteiger partial charge < -0.3 is 19.8 Å². The van der Waals surface area contributed by atoms with Gasteiger partial charge in [0.1, 0.15) is 17.3 Å². The molecule has 1 aromatic heterocycles. The number of anilines is 1. The van der Waals surface area contributed by atoms with Gasteiger partial charge in [0.05, 0.1) is 30.6 Å². The highest BCUT2D eigenvalue weighted by molar-refractivity contribution is 7.99. The molecule has 0 atom stereocenters. The minimum Gasteiger partial charge on any atom is -0.497 e. The first-order valence-electron chi connectivity index (χ1n) is 10.7. The van der Waals surface area contributed by atoms with Gasteiger partial charge in [0.15, 0.2) is 5.16 Å². The number of carbonyl (C=O) groups excluding carboxylic acids is 1. The van der Waals surface area contributed by atoms with E-state index >= 15 is 0 Å². The summed E-state index contributed by atoms with van der Waals surface area (Å²) < 4.78 is 23.9. The molecule has 35 heavy (non-hydrogen) atoms. The summed E-state index contributed by atoms with van der Waals surface area (Å²) in [5.74, 6) is 1.30. The summed E-state index contributed by atoms with van der Waals surface area (Å²) in [5, 5.41) is 3.39. The van der Waals surface area contributed by atoms with E-state index in [-0.39, 0.29) is 17.4 Å². The Bertz CT molecular complexity index is 1250. The van der Waals surface area contributed by atoms with E-state index in [0.29, 0.717) is 16.6 Å². The Balaban J connectivity index is 1.49. The van der Waals surface area contributed by atoms with Crippen molar-refractivity contribution in [2.75, 3.05) is 25.3 Å². The van der Waals surface area contributed by atoms with E-state index in [9.17, 15) is 9.18 Å². The first kappa shape index (κ1) is 24.6. The number of ether oxygens (including phenoxy) is 2. The Hall–Kier alpha value is -3.49. The summed E-state index contributed by atoms with van der Waals surface area (Å²) in [6.45, 7) is 0. The van der Waals surface area contributed by atoms with Crippen LogP contribution in [0.5, 0.6) is 11.5 Å². The molecule has 0 aliphatic rings. The molecule has 0 radical (unpaired) electrons. The maximum Gasteiger partial charge on any atom is 0.225 e. The first-order valence-corrected chi connectivity index (χ1v) is 12.1. The minimum atomic E-state index is -0.529. The van der Waals surface area contributed by atoms with Gasteiger partial charge in [-0.25, -0.2) is 9.37 Å². The lowest BCUT2D eigenvalue weighted by Gasteiger charge is -2.06. The van der Waals surface area contributed by atoms with Crippen molar-refractivity contribution in [3.05, 3.63) is 77.6 Å². The van der Waals surface area contributed by atoms with Crippen molar-refractivity contribution >= 4 is 35.0 Å². The van der Waals surface area contributed by atoms with Crippen molar-refractivity contribution in [1.82, 2.24) is 9.97 Å². The highest BCUT2D eigenvalue weighted by atomic mass is 35.5. The van der Waals surface area contributed by atoms with Crippen LogP contribution in [-0.4, -0.2) is 35.8 Å². The molecular formula is C26H23ClFN3O3S. The van der Waals surface area contributed by atoms with Crippen LogP contribution < -0.4 is 14.8 Å². The molecule has 1 heterocycles. The van der Waals surface area contributed by atoms with Crippen LogP contribution in [0.2, 0.25) is 5.02 Å². The monoisotopic (exact) mass is 511 g/mol. The highest BCUT2D eigenvalue weighted by Gasteiger charge is 2.16. The number of aromatic nitrogens is 2. The number of carbonyl (C=O) groups is 1. The maximum atomic E-state index is 13.3. The van der Waals surface area contributed by atoms with Gasteiger partial charge >= 0.3 is 0 Å². The standard InChI is InChI=1S/C26H23ClFN3O3S/c1-33-19-8-3-16(4-9-19)24-25(17-5-10-20(34-2)11-6-17)31-26(30-24)35-14-13-23(32)29-18-7-12-22(28)21(27)15-18/h3-12,15H,13-14H2,1-2H3,(H,29,32)(H,30,31). The fraction of sp³-hybridized carbons (Fsp3) is 0.154. The molecule has 0 aliphatic carbocycles. The first-order chi connectivity index (χ1) is 17.0. The molecule has 0 spiro atoms. The number of H-pyrrole nitrogens is 1. The Kier molecular flexibility index (Phi) is 7.94. The number of nitrogens with one attached hydrogen (secondary N) is 2. The second kappa shape index (κ2) is 11.3. The normalized spacial score (nSPS) is 10.7. The maximum absolute atomic E-state index is 13.3. The Labute approximate surface area is 211 Å². The van der Waals surface area contributed by atoms with Gasteiger partial charge in [-0.15, -0.1) is 0 Å². The molecule has 4 rings (SSSR count). The molecule has 4 aromatic rings. The van der Waals surface area contributed by atoms with E-state index in [0.717, 1.165) is 34.0 Å². The molecular weight excluding hydrogens is 489 g/mol. The lowest BCUT2D eigenvalue weighted by atomic mass is 10.0. The summed E-state index contributed by atoms with van der Waals surface area (Å²) >= 11 is 7.22. The average molecular weight is 512 g/mol. The number of nitrogens with zero attached hydrogens (tertiary/aromatic N) is 1. The number of imidazole rings is 1. The van der Waals surface area contributed by atoms with Gasteiger partial charge in [-0.05, 0) is 66.7 Å². The van der Waals surface area contributed by atoms with Crippen molar-refractivity contribution in [3.63, 3.8) is 0 Å². The summed E-state index contributed by atoms with van der Waals surface area (Å²) in [6.07, 6.45) is 0.246. The van der Waals surface area contributed by atoms with Crippen LogP contribution in [0.1, 0.15) is 6.42 Å². The Morgan fingerprint density at radius 2 is 1.63 bits per heavy atom. The second-order valence-electron chi connectivity index (χ2n) is 7.50. The molecule has 180 valence electrons. The summed E-state index contributed by atoms with van der Waals surface area (Å²) in [4.78, 5) is 20.5. The SMILES string of the molecule is COc1ccc(-c2nc(SCCC(=O)Nc3ccc(F)c(Cl)c3)[nH]c2-c2ccc(OC)cc2)cc1. The van der Waals surface area contributed by atoms with Crippen molar-refractivity contribution in [3.8, 4) is 34.0 Å². The van der Waals surface area contributed by atoms with Gasteiger partial charge in [-0.1, -0.05) is 23.4 Å². The molecule has 9 heteroatoms. The van der Waals surface area contributed by atoms with Gasteiger partial charge in [0, 0.05) is 29.0 Å². The zero-order valence-corrected chi connectivity index (χ0v) is 20.7. The summed E-state index contributed by atoms with van der Waals surface area (Å²) in [5.41, 5.74) is 4.01. The van der Waals surface area contributed by atoms with Crippen molar-refractivity contribution in [2.24, 2.45) is 0 Å². The topological polar surface area (TPSA) is 76.2 Å². The number of hydrogen-bond donors (Lipinski definition) is 2. The zero-order chi connectivity index (χ0) is 24.8. The van der Waals surface area contributed by atoms with Crippen LogP contribution >= 0.6 is 23.4 Å². The van der Waals surface area contributed by atoms with E-state index in [2.05, 4.69) is 10.3 Å². The smallest absolute Gasteiger partial charge is 0.225 e. The van der Waals surface area contributed by atoms with Crippen molar-refractivity contribution in [1.29, 1.82) is 0 Å². The third kappa shape index (κ3) is 6.15. The van der Waals surface area contributed by atoms with Crippen molar-refractivity contribution < 1.29 is 18.7 Å². The molecule has 1 amide bonds. The largest absolute Gasteiger partial charge is 0.497 e. The van der Waals surface area contributed by atoms with E-state index in [1.165, 1.54) is 30.0 Å². The van der Waals surface area contributed by atoms with E-state index < -0.39 is 5.82 Å². The highest BCUT2D eigenvalue weighted by Crippen LogP contribution is 2.34. The fourth-order valence-corrected chi connectivity index (χ4v) is 4.37. The summed E-state index contributed by atoms with van der Waals surface area (Å²) in [6, 6.07) is 19.5.